The fourth-order valence-corrected chi connectivity index (χ4v) is 4.63. The summed E-state index contributed by atoms with van der Waals surface area (Å²) in [5.41, 5.74) is 1.17. The summed E-state index contributed by atoms with van der Waals surface area (Å²) in [6, 6.07) is 4.81. The molecule has 1 atom stereocenters. The summed E-state index contributed by atoms with van der Waals surface area (Å²) in [4.78, 5) is 19.7. The van der Waals surface area contributed by atoms with Crippen molar-refractivity contribution >= 4 is 21.6 Å². The van der Waals surface area contributed by atoms with Gasteiger partial charge in [-0.2, -0.15) is 4.31 Å². The van der Waals surface area contributed by atoms with Crippen LogP contribution in [-0.2, 0) is 14.8 Å². The molecule has 8 nitrogen and oxygen atoms in total. The second-order valence-corrected chi connectivity index (χ2v) is 8.22. The molecule has 1 aliphatic heterocycles. The van der Waals surface area contributed by atoms with Gasteiger partial charge >= 0.3 is 0 Å². The predicted molar refractivity (Wildman–Crippen MR) is 99.9 cm³/mol. The van der Waals surface area contributed by atoms with E-state index in [1.54, 1.807) is 32.2 Å². The second kappa shape index (κ2) is 8.01. The smallest absolute Gasteiger partial charge is 0.243 e. The normalized spacial score (nSPS) is 17.6. The van der Waals surface area contributed by atoms with Crippen molar-refractivity contribution in [1.29, 1.82) is 0 Å². The van der Waals surface area contributed by atoms with Crippen LogP contribution in [0.4, 0.5) is 5.69 Å². The second-order valence-electron chi connectivity index (χ2n) is 6.32. The SMILES string of the molecule is CCC(=O)Nc1ccc(S(=O)(=O)N2CCC(Oc3cnccn3)C2)c(C)c1. The van der Waals surface area contributed by atoms with Crippen molar-refractivity contribution in [2.75, 3.05) is 18.4 Å². The summed E-state index contributed by atoms with van der Waals surface area (Å²) in [7, 11) is -3.64. The first-order valence-corrected chi connectivity index (χ1v) is 10.2. The van der Waals surface area contributed by atoms with Gasteiger partial charge in [0.05, 0.1) is 17.6 Å². The zero-order chi connectivity index (χ0) is 19.4. The molecule has 0 aliphatic carbocycles. The van der Waals surface area contributed by atoms with E-state index < -0.39 is 10.0 Å². The summed E-state index contributed by atoms with van der Waals surface area (Å²) in [5, 5.41) is 2.73. The van der Waals surface area contributed by atoms with E-state index in [4.69, 9.17) is 4.74 Å². The number of hydrogen-bond acceptors (Lipinski definition) is 6. The first-order chi connectivity index (χ1) is 12.9. The van der Waals surface area contributed by atoms with E-state index in [1.165, 1.54) is 22.8 Å². The molecule has 1 aromatic carbocycles. The van der Waals surface area contributed by atoms with E-state index in [1.807, 2.05) is 0 Å². The Bertz CT molecular complexity index is 918. The van der Waals surface area contributed by atoms with Gasteiger partial charge in [-0.25, -0.2) is 13.4 Å². The third-order valence-electron chi connectivity index (χ3n) is 4.33. The van der Waals surface area contributed by atoms with Crippen LogP contribution in [0.2, 0.25) is 0 Å². The van der Waals surface area contributed by atoms with Crippen LogP contribution in [0.25, 0.3) is 0 Å². The molecule has 0 bridgehead atoms. The fraction of sp³-hybridized carbons (Fsp3) is 0.389. The molecule has 0 saturated carbocycles. The van der Waals surface area contributed by atoms with Gasteiger partial charge in [-0.1, -0.05) is 6.92 Å². The van der Waals surface area contributed by atoms with Crippen molar-refractivity contribution in [3.63, 3.8) is 0 Å². The third kappa shape index (κ3) is 4.42. The van der Waals surface area contributed by atoms with Gasteiger partial charge in [0.15, 0.2) is 0 Å². The number of benzene rings is 1. The number of hydrogen-bond donors (Lipinski definition) is 1. The molecule has 9 heteroatoms. The van der Waals surface area contributed by atoms with Gasteiger partial charge in [0.2, 0.25) is 21.8 Å². The highest BCUT2D eigenvalue weighted by Gasteiger charge is 2.34. The van der Waals surface area contributed by atoms with Gasteiger partial charge < -0.3 is 10.1 Å². The maximum absolute atomic E-state index is 13.0. The number of ether oxygens (including phenoxy) is 1. The van der Waals surface area contributed by atoms with Crippen LogP contribution in [0.15, 0.2) is 41.7 Å². The van der Waals surface area contributed by atoms with Crippen LogP contribution in [-0.4, -0.2) is 47.8 Å². The van der Waals surface area contributed by atoms with E-state index in [-0.39, 0.29) is 23.5 Å². The Morgan fingerprint density at radius 1 is 1.37 bits per heavy atom. The Labute approximate surface area is 158 Å². The largest absolute Gasteiger partial charge is 0.472 e. The first-order valence-electron chi connectivity index (χ1n) is 8.73. The van der Waals surface area contributed by atoms with Gasteiger partial charge in [-0.05, 0) is 37.1 Å². The van der Waals surface area contributed by atoms with Crippen molar-refractivity contribution in [3.8, 4) is 5.88 Å². The lowest BCUT2D eigenvalue weighted by Crippen LogP contribution is -2.31. The van der Waals surface area contributed by atoms with E-state index in [2.05, 4.69) is 15.3 Å². The standard InChI is InChI=1S/C18H22N4O4S/c1-3-17(23)21-14-4-5-16(13(2)10-14)27(24,25)22-9-6-15(12-22)26-18-11-19-7-8-20-18/h4-5,7-8,10-11,15H,3,6,9,12H2,1-2H3,(H,21,23). The van der Waals surface area contributed by atoms with Crippen molar-refractivity contribution < 1.29 is 17.9 Å². The maximum atomic E-state index is 13.0. The van der Waals surface area contributed by atoms with Crippen molar-refractivity contribution in [2.45, 2.75) is 37.7 Å². The van der Waals surface area contributed by atoms with E-state index in [0.717, 1.165) is 0 Å². The van der Waals surface area contributed by atoms with Crippen LogP contribution < -0.4 is 10.1 Å². The quantitative estimate of drug-likeness (QED) is 0.809. The summed E-state index contributed by atoms with van der Waals surface area (Å²) >= 11 is 0. The average molecular weight is 390 g/mol. The number of amides is 1. The van der Waals surface area contributed by atoms with Gasteiger partial charge in [0.1, 0.15) is 6.10 Å². The lowest BCUT2D eigenvalue weighted by atomic mass is 10.2. The monoisotopic (exact) mass is 390 g/mol. The van der Waals surface area contributed by atoms with E-state index >= 15 is 0 Å². The molecule has 1 N–H and O–H groups in total. The first kappa shape index (κ1) is 19.2. The third-order valence-corrected chi connectivity index (χ3v) is 6.36. The van der Waals surface area contributed by atoms with E-state index in [0.29, 0.717) is 36.5 Å². The Kier molecular flexibility index (Phi) is 5.71. The highest BCUT2D eigenvalue weighted by Crippen LogP contribution is 2.27. The number of sulfonamides is 1. The molecule has 0 spiro atoms. The highest BCUT2D eigenvalue weighted by molar-refractivity contribution is 7.89. The Morgan fingerprint density at radius 2 is 2.19 bits per heavy atom. The molecule has 1 aliphatic rings. The number of carbonyl (C=O) groups is 1. The molecular formula is C18H22N4O4S. The van der Waals surface area contributed by atoms with Crippen LogP contribution in [0.1, 0.15) is 25.3 Å². The number of aryl methyl sites for hydroxylation is 1. The summed E-state index contributed by atoms with van der Waals surface area (Å²) in [5.74, 6) is 0.266. The van der Waals surface area contributed by atoms with Crippen molar-refractivity contribution in [2.24, 2.45) is 0 Å². The molecule has 1 fully saturated rings. The van der Waals surface area contributed by atoms with Crippen LogP contribution >= 0.6 is 0 Å². The lowest BCUT2D eigenvalue weighted by molar-refractivity contribution is -0.115. The topological polar surface area (TPSA) is 101 Å². The minimum atomic E-state index is -3.64. The van der Waals surface area contributed by atoms with Gasteiger partial charge in [-0.3, -0.25) is 9.78 Å². The number of carbonyl (C=O) groups excluding carboxylic acids is 1. The molecule has 2 heterocycles. The molecule has 2 aromatic rings. The Hall–Kier alpha value is -2.52. The minimum absolute atomic E-state index is 0.117. The van der Waals surface area contributed by atoms with Gasteiger partial charge in [-0.15, -0.1) is 0 Å². The van der Waals surface area contributed by atoms with Gasteiger partial charge in [0, 0.05) is 31.0 Å². The lowest BCUT2D eigenvalue weighted by Gasteiger charge is -2.18. The van der Waals surface area contributed by atoms with E-state index in [9.17, 15) is 13.2 Å². The number of nitrogens with one attached hydrogen (secondary N) is 1. The highest BCUT2D eigenvalue weighted by atomic mass is 32.2. The van der Waals surface area contributed by atoms with Crippen LogP contribution in [0.5, 0.6) is 5.88 Å². The molecule has 27 heavy (non-hydrogen) atoms. The van der Waals surface area contributed by atoms with Crippen LogP contribution in [0.3, 0.4) is 0 Å². The molecule has 1 saturated heterocycles. The molecule has 0 radical (unpaired) electrons. The number of rotatable bonds is 6. The zero-order valence-electron chi connectivity index (χ0n) is 15.3. The number of aromatic nitrogens is 2. The molecular weight excluding hydrogens is 368 g/mol. The Morgan fingerprint density at radius 3 is 2.85 bits per heavy atom. The Balaban J connectivity index is 1.72. The number of anilines is 1. The summed E-state index contributed by atoms with van der Waals surface area (Å²) in [6.07, 6.45) is 5.26. The van der Waals surface area contributed by atoms with Gasteiger partial charge in [0.25, 0.3) is 0 Å². The molecule has 1 unspecified atom stereocenters. The summed E-state index contributed by atoms with van der Waals surface area (Å²) in [6.45, 7) is 4.11. The zero-order valence-corrected chi connectivity index (χ0v) is 16.1. The molecule has 1 aromatic heterocycles. The summed E-state index contributed by atoms with van der Waals surface area (Å²) < 4.78 is 33.1. The number of nitrogens with zero attached hydrogens (tertiary/aromatic N) is 3. The molecule has 1 amide bonds. The maximum Gasteiger partial charge on any atom is 0.243 e. The fourth-order valence-electron chi connectivity index (χ4n) is 2.93. The molecule has 144 valence electrons. The van der Waals surface area contributed by atoms with Crippen molar-refractivity contribution in [1.82, 2.24) is 14.3 Å². The van der Waals surface area contributed by atoms with Crippen molar-refractivity contribution in [3.05, 3.63) is 42.4 Å². The predicted octanol–water partition coefficient (Wildman–Crippen LogP) is 1.98. The average Bonchev–Trinajstić information content (AvgIpc) is 3.11. The molecule has 3 rings (SSSR count). The minimum Gasteiger partial charge on any atom is -0.472 e. The van der Waals surface area contributed by atoms with Crippen LogP contribution in [0, 0.1) is 6.92 Å².